The number of hydrogen-bond donors (Lipinski definition) is 2. The Bertz CT molecular complexity index is 631. The molecule has 2 rings (SSSR count). The first-order valence-corrected chi connectivity index (χ1v) is 8.61. The molecule has 0 radical (unpaired) electrons. The molecule has 21 heavy (non-hydrogen) atoms. The number of hydrogen-bond acceptors (Lipinski definition) is 3. The van der Waals surface area contributed by atoms with Crippen LogP contribution in [-0.4, -0.2) is 15.0 Å². The molecule has 1 aliphatic rings. The standard InChI is InChI=1S/C15H21FN2O2S/c1-11-9-13(10-14(17)15(11)16)21(19,20)18-8-7-12-5-3-2-4-6-12/h5,9-10,18H,2-4,6-8,17H2,1H3. The second-order valence-electron chi connectivity index (χ2n) is 5.40. The summed E-state index contributed by atoms with van der Waals surface area (Å²) in [7, 11) is -3.65. The summed E-state index contributed by atoms with van der Waals surface area (Å²) in [6, 6.07) is 2.46. The van der Waals surface area contributed by atoms with Crippen LogP contribution in [0.15, 0.2) is 28.7 Å². The maximum Gasteiger partial charge on any atom is 0.240 e. The van der Waals surface area contributed by atoms with Gasteiger partial charge in [0.1, 0.15) is 5.82 Å². The smallest absolute Gasteiger partial charge is 0.240 e. The molecule has 3 N–H and O–H groups in total. The highest BCUT2D eigenvalue weighted by molar-refractivity contribution is 7.89. The predicted octanol–water partition coefficient (Wildman–Crippen LogP) is 2.89. The van der Waals surface area contributed by atoms with Gasteiger partial charge in [-0.3, -0.25) is 0 Å². The number of aryl methyl sites for hydroxylation is 1. The van der Waals surface area contributed by atoms with Crippen molar-refractivity contribution in [2.45, 2.75) is 43.9 Å². The fourth-order valence-electron chi connectivity index (χ4n) is 2.48. The van der Waals surface area contributed by atoms with Crippen molar-refractivity contribution < 1.29 is 12.8 Å². The Morgan fingerprint density at radius 3 is 2.71 bits per heavy atom. The largest absolute Gasteiger partial charge is 0.396 e. The summed E-state index contributed by atoms with van der Waals surface area (Å²) in [5, 5.41) is 0. The van der Waals surface area contributed by atoms with Crippen LogP contribution in [0.5, 0.6) is 0 Å². The van der Waals surface area contributed by atoms with E-state index in [0.717, 1.165) is 25.3 Å². The quantitative estimate of drug-likeness (QED) is 0.648. The van der Waals surface area contributed by atoms with Crippen molar-refractivity contribution in [2.24, 2.45) is 0 Å². The van der Waals surface area contributed by atoms with Crippen LogP contribution in [0.25, 0.3) is 0 Å². The van der Waals surface area contributed by atoms with E-state index in [1.54, 1.807) is 0 Å². The Hall–Kier alpha value is -1.40. The number of halogens is 1. The molecule has 0 heterocycles. The summed E-state index contributed by atoms with van der Waals surface area (Å²) in [5.74, 6) is -0.568. The Morgan fingerprint density at radius 1 is 1.33 bits per heavy atom. The van der Waals surface area contributed by atoms with Crippen molar-refractivity contribution in [3.63, 3.8) is 0 Å². The highest BCUT2D eigenvalue weighted by atomic mass is 32.2. The van der Waals surface area contributed by atoms with Crippen LogP contribution in [-0.2, 0) is 10.0 Å². The molecular formula is C15H21FN2O2S. The van der Waals surface area contributed by atoms with Crippen LogP contribution in [0.1, 0.15) is 37.7 Å². The third kappa shape index (κ3) is 4.04. The molecule has 1 aromatic carbocycles. The number of nitrogen functional groups attached to an aromatic ring is 1. The lowest BCUT2D eigenvalue weighted by Gasteiger charge is -2.13. The molecule has 0 aliphatic heterocycles. The van der Waals surface area contributed by atoms with E-state index in [4.69, 9.17) is 5.73 Å². The van der Waals surface area contributed by atoms with E-state index in [1.165, 1.54) is 31.4 Å². The fourth-order valence-corrected chi connectivity index (χ4v) is 3.63. The Labute approximate surface area is 125 Å². The second kappa shape index (κ2) is 6.58. The number of allylic oxidation sites excluding steroid dienone is 1. The number of rotatable bonds is 5. The Morgan fingerprint density at radius 2 is 2.10 bits per heavy atom. The molecule has 0 spiro atoms. The van der Waals surface area contributed by atoms with Gasteiger partial charge in [0.15, 0.2) is 0 Å². The van der Waals surface area contributed by atoms with Crippen LogP contribution in [0.3, 0.4) is 0 Å². The van der Waals surface area contributed by atoms with Gasteiger partial charge in [-0.1, -0.05) is 11.6 Å². The molecule has 0 atom stereocenters. The van der Waals surface area contributed by atoms with Gasteiger partial charge in [-0.2, -0.15) is 0 Å². The van der Waals surface area contributed by atoms with E-state index < -0.39 is 15.8 Å². The molecule has 116 valence electrons. The monoisotopic (exact) mass is 312 g/mol. The molecule has 0 unspecified atom stereocenters. The molecule has 1 aromatic rings. The van der Waals surface area contributed by atoms with E-state index in [1.807, 2.05) is 0 Å². The fraction of sp³-hybridized carbons (Fsp3) is 0.467. The van der Waals surface area contributed by atoms with Gasteiger partial charge in [-0.15, -0.1) is 0 Å². The van der Waals surface area contributed by atoms with Gasteiger partial charge in [0.2, 0.25) is 10.0 Å². The van der Waals surface area contributed by atoms with E-state index >= 15 is 0 Å². The van der Waals surface area contributed by atoms with Crippen LogP contribution < -0.4 is 10.5 Å². The predicted molar refractivity (Wildman–Crippen MR) is 81.9 cm³/mol. The summed E-state index contributed by atoms with van der Waals surface area (Å²) < 4.78 is 40.4. The second-order valence-corrected chi connectivity index (χ2v) is 7.17. The first-order chi connectivity index (χ1) is 9.90. The van der Waals surface area contributed by atoms with Gasteiger partial charge in [-0.05, 0) is 56.7 Å². The molecule has 0 fully saturated rings. The first-order valence-electron chi connectivity index (χ1n) is 7.13. The van der Waals surface area contributed by atoms with E-state index in [0.29, 0.717) is 6.54 Å². The highest BCUT2D eigenvalue weighted by Gasteiger charge is 2.17. The number of anilines is 1. The number of nitrogens with two attached hydrogens (primary N) is 1. The number of sulfonamides is 1. The minimum atomic E-state index is -3.65. The van der Waals surface area contributed by atoms with Gasteiger partial charge >= 0.3 is 0 Å². The van der Waals surface area contributed by atoms with Gasteiger partial charge in [-0.25, -0.2) is 17.5 Å². The van der Waals surface area contributed by atoms with Crippen LogP contribution in [0, 0.1) is 12.7 Å². The summed E-state index contributed by atoms with van der Waals surface area (Å²) in [4.78, 5) is 0.0107. The summed E-state index contributed by atoms with van der Waals surface area (Å²) >= 11 is 0. The van der Waals surface area contributed by atoms with Crippen LogP contribution >= 0.6 is 0 Å². The molecule has 6 heteroatoms. The van der Waals surface area contributed by atoms with Crippen molar-refractivity contribution in [2.75, 3.05) is 12.3 Å². The minimum Gasteiger partial charge on any atom is -0.396 e. The zero-order valence-electron chi connectivity index (χ0n) is 12.2. The molecule has 0 saturated carbocycles. The van der Waals surface area contributed by atoms with E-state index in [9.17, 15) is 12.8 Å². The lowest BCUT2D eigenvalue weighted by molar-refractivity contribution is 0.578. The van der Waals surface area contributed by atoms with Crippen molar-refractivity contribution in [3.05, 3.63) is 35.2 Å². The van der Waals surface area contributed by atoms with Crippen LogP contribution in [0.2, 0.25) is 0 Å². The van der Waals surface area contributed by atoms with Crippen molar-refractivity contribution in [1.29, 1.82) is 0 Å². The molecule has 4 nitrogen and oxygen atoms in total. The Balaban J connectivity index is 2.03. The molecule has 0 amide bonds. The van der Waals surface area contributed by atoms with Gasteiger partial charge in [0.05, 0.1) is 10.6 Å². The van der Waals surface area contributed by atoms with Crippen molar-refractivity contribution >= 4 is 15.7 Å². The van der Waals surface area contributed by atoms with Crippen LogP contribution in [0.4, 0.5) is 10.1 Å². The van der Waals surface area contributed by atoms with E-state index in [-0.39, 0.29) is 16.1 Å². The third-order valence-corrected chi connectivity index (χ3v) is 5.13. The minimum absolute atomic E-state index is 0.0107. The summed E-state index contributed by atoms with van der Waals surface area (Å²) in [6.07, 6.45) is 7.42. The first kappa shape index (κ1) is 16.0. The summed E-state index contributed by atoms with van der Waals surface area (Å²) in [6.45, 7) is 1.85. The number of nitrogens with one attached hydrogen (secondary N) is 1. The zero-order chi connectivity index (χ0) is 15.5. The summed E-state index contributed by atoms with van der Waals surface area (Å²) in [5.41, 5.74) is 6.87. The molecule has 0 aromatic heterocycles. The lowest BCUT2D eigenvalue weighted by atomic mass is 9.97. The highest BCUT2D eigenvalue weighted by Crippen LogP contribution is 2.22. The maximum atomic E-state index is 13.4. The molecular weight excluding hydrogens is 291 g/mol. The maximum absolute atomic E-state index is 13.4. The molecule has 0 saturated heterocycles. The average Bonchev–Trinajstić information content (AvgIpc) is 2.45. The van der Waals surface area contributed by atoms with Gasteiger partial charge < -0.3 is 5.73 Å². The zero-order valence-corrected chi connectivity index (χ0v) is 13.0. The molecule has 1 aliphatic carbocycles. The Kier molecular flexibility index (Phi) is 5.00. The third-order valence-electron chi connectivity index (χ3n) is 3.69. The average molecular weight is 312 g/mol. The van der Waals surface area contributed by atoms with Crippen molar-refractivity contribution in [3.8, 4) is 0 Å². The molecule has 0 bridgehead atoms. The number of benzene rings is 1. The van der Waals surface area contributed by atoms with Gasteiger partial charge in [0, 0.05) is 6.54 Å². The van der Waals surface area contributed by atoms with E-state index in [2.05, 4.69) is 10.8 Å². The SMILES string of the molecule is Cc1cc(S(=O)(=O)NCCC2=CCCCC2)cc(N)c1F. The van der Waals surface area contributed by atoms with Gasteiger partial charge in [0.25, 0.3) is 0 Å². The topological polar surface area (TPSA) is 72.2 Å². The lowest BCUT2D eigenvalue weighted by Crippen LogP contribution is -2.25. The van der Waals surface area contributed by atoms with Crippen molar-refractivity contribution in [1.82, 2.24) is 4.72 Å². The normalized spacial score (nSPS) is 15.8.